The number of hydrogen-bond donors (Lipinski definition) is 0. The Morgan fingerprint density at radius 2 is 1.91 bits per heavy atom. The Hall–Kier alpha value is -2.16. The number of halogens is 1. The highest BCUT2D eigenvalue weighted by Gasteiger charge is 2.20. The molecule has 3 rings (SSSR count). The highest BCUT2D eigenvalue weighted by atomic mass is 19.1. The Balaban J connectivity index is 1.41. The lowest BCUT2D eigenvalue weighted by Crippen LogP contribution is -2.36. The van der Waals surface area contributed by atoms with Crippen LogP contribution in [0.15, 0.2) is 40.8 Å². The molecule has 4 nitrogen and oxygen atoms in total. The second-order valence-electron chi connectivity index (χ2n) is 5.79. The van der Waals surface area contributed by atoms with E-state index in [4.69, 9.17) is 14.4 Å². The Labute approximate surface area is 135 Å². The summed E-state index contributed by atoms with van der Waals surface area (Å²) >= 11 is 0. The molecule has 0 aliphatic carbocycles. The molecule has 0 bridgehead atoms. The normalized spacial score (nSPS) is 16.3. The third-order valence-electron chi connectivity index (χ3n) is 4.08. The van der Waals surface area contributed by atoms with Gasteiger partial charge in [0, 0.05) is 13.1 Å². The van der Waals surface area contributed by atoms with Gasteiger partial charge in [-0.1, -0.05) is 12.1 Å². The van der Waals surface area contributed by atoms with E-state index < -0.39 is 0 Å². The van der Waals surface area contributed by atoms with E-state index >= 15 is 0 Å². The second-order valence-corrected chi connectivity index (χ2v) is 5.79. The molecular weight excluding hydrogens is 295 g/mol. The third kappa shape index (κ3) is 4.41. The summed E-state index contributed by atoms with van der Waals surface area (Å²) in [6, 6.07) is 12.0. The molecule has 0 amide bonds. The maximum atomic E-state index is 12.9. The van der Waals surface area contributed by atoms with Gasteiger partial charge in [-0.25, -0.2) is 4.39 Å². The van der Waals surface area contributed by atoms with Crippen LogP contribution >= 0.6 is 0 Å². The molecule has 1 saturated heterocycles. The number of benzene rings is 1. The van der Waals surface area contributed by atoms with Gasteiger partial charge in [0.05, 0.1) is 19.3 Å². The minimum Gasteiger partial charge on any atom is -0.449 e. The highest BCUT2D eigenvalue weighted by Crippen LogP contribution is 2.18. The first-order chi connectivity index (χ1) is 11.2. The first kappa shape index (κ1) is 15.7. The number of nitriles is 1. The van der Waals surface area contributed by atoms with E-state index in [2.05, 4.69) is 4.90 Å². The molecule has 2 heterocycles. The van der Waals surface area contributed by atoms with Crippen LogP contribution in [-0.4, -0.2) is 24.1 Å². The predicted octanol–water partition coefficient (Wildman–Crippen LogP) is 3.47. The topological polar surface area (TPSA) is 49.4 Å². The van der Waals surface area contributed by atoms with Crippen molar-refractivity contribution < 1.29 is 13.5 Å². The summed E-state index contributed by atoms with van der Waals surface area (Å²) in [6.45, 7) is 3.13. The molecule has 0 unspecified atom stereocenters. The zero-order valence-corrected chi connectivity index (χ0v) is 12.9. The van der Waals surface area contributed by atoms with Crippen molar-refractivity contribution in [1.82, 2.24) is 4.90 Å². The van der Waals surface area contributed by atoms with E-state index in [0.29, 0.717) is 12.4 Å². The first-order valence-electron chi connectivity index (χ1n) is 7.80. The maximum Gasteiger partial charge on any atom is 0.203 e. The van der Waals surface area contributed by atoms with Crippen molar-refractivity contribution in [2.45, 2.75) is 32.1 Å². The first-order valence-corrected chi connectivity index (χ1v) is 7.80. The Morgan fingerprint density at radius 3 is 2.57 bits per heavy atom. The van der Waals surface area contributed by atoms with Crippen LogP contribution < -0.4 is 0 Å². The zero-order valence-electron chi connectivity index (χ0n) is 12.9. The monoisotopic (exact) mass is 314 g/mol. The molecule has 0 saturated carbocycles. The fraction of sp³-hybridized carbons (Fsp3) is 0.389. The smallest absolute Gasteiger partial charge is 0.203 e. The lowest BCUT2D eigenvalue weighted by molar-refractivity contribution is -0.00502. The van der Waals surface area contributed by atoms with Gasteiger partial charge in [-0.2, -0.15) is 5.26 Å². The largest absolute Gasteiger partial charge is 0.449 e. The second kappa shape index (κ2) is 7.40. The van der Waals surface area contributed by atoms with Crippen LogP contribution in [0.5, 0.6) is 0 Å². The van der Waals surface area contributed by atoms with Crippen molar-refractivity contribution in [1.29, 1.82) is 5.26 Å². The molecule has 0 atom stereocenters. The molecular formula is C18H19FN2O2. The summed E-state index contributed by atoms with van der Waals surface area (Å²) in [5.74, 6) is 0.962. The number of rotatable bonds is 5. The average molecular weight is 314 g/mol. The summed E-state index contributed by atoms with van der Waals surface area (Å²) in [7, 11) is 0. The molecule has 2 aromatic rings. The lowest BCUT2D eigenvalue weighted by atomic mass is 10.1. The van der Waals surface area contributed by atoms with Crippen molar-refractivity contribution in [3.05, 3.63) is 59.3 Å². The molecule has 0 spiro atoms. The minimum atomic E-state index is -0.223. The van der Waals surface area contributed by atoms with Crippen LogP contribution in [0.3, 0.4) is 0 Å². The Morgan fingerprint density at radius 1 is 1.17 bits per heavy atom. The summed E-state index contributed by atoms with van der Waals surface area (Å²) in [5.41, 5.74) is 0.994. The molecule has 0 N–H and O–H groups in total. The molecule has 1 aromatic heterocycles. The predicted molar refractivity (Wildman–Crippen MR) is 82.9 cm³/mol. The van der Waals surface area contributed by atoms with Crippen LogP contribution in [0.2, 0.25) is 0 Å². The molecule has 120 valence electrons. The Kier molecular flexibility index (Phi) is 5.06. The summed E-state index contributed by atoms with van der Waals surface area (Å²) in [5, 5.41) is 8.77. The molecule has 23 heavy (non-hydrogen) atoms. The van der Waals surface area contributed by atoms with Crippen molar-refractivity contribution in [3.63, 3.8) is 0 Å². The molecule has 0 radical (unpaired) electrons. The van der Waals surface area contributed by atoms with Gasteiger partial charge in [0.1, 0.15) is 17.6 Å². The van der Waals surface area contributed by atoms with E-state index in [1.807, 2.05) is 12.1 Å². The number of piperidine rings is 1. The number of furan rings is 1. The number of nitrogens with zero attached hydrogens (tertiary/aromatic N) is 2. The Bertz CT molecular complexity index is 667. The van der Waals surface area contributed by atoms with Gasteiger partial charge in [0.15, 0.2) is 0 Å². The van der Waals surface area contributed by atoms with Crippen LogP contribution in [0, 0.1) is 17.1 Å². The van der Waals surface area contributed by atoms with Crippen molar-refractivity contribution >= 4 is 0 Å². The molecule has 1 fully saturated rings. The number of ether oxygens (including phenoxy) is 1. The van der Waals surface area contributed by atoms with Crippen molar-refractivity contribution in [2.75, 3.05) is 13.1 Å². The van der Waals surface area contributed by atoms with Crippen LogP contribution in [0.4, 0.5) is 4.39 Å². The minimum absolute atomic E-state index is 0.223. The summed E-state index contributed by atoms with van der Waals surface area (Å²) in [6.07, 6.45) is 2.17. The van der Waals surface area contributed by atoms with Gasteiger partial charge >= 0.3 is 0 Å². The summed E-state index contributed by atoms with van der Waals surface area (Å²) in [4.78, 5) is 2.30. The van der Waals surface area contributed by atoms with Crippen molar-refractivity contribution in [3.8, 4) is 6.07 Å². The van der Waals surface area contributed by atoms with Crippen LogP contribution in [0.1, 0.15) is 29.9 Å². The molecule has 5 heteroatoms. The molecule has 1 aromatic carbocycles. The maximum absolute atomic E-state index is 12.9. The van der Waals surface area contributed by atoms with E-state index in [1.165, 1.54) is 12.1 Å². The molecule has 1 aliphatic heterocycles. The average Bonchev–Trinajstić information content (AvgIpc) is 3.03. The third-order valence-corrected chi connectivity index (χ3v) is 4.08. The molecule has 1 aliphatic rings. The van der Waals surface area contributed by atoms with E-state index in [9.17, 15) is 4.39 Å². The van der Waals surface area contributed by atoms with Gasteiger partial charge in [0.25, 0.3) is 0 Å². The number of hydrogen-bond acceptors (Lipinski definition) is 4. The van der Waals surface area contributed by atoms with Crippen molar-refractivity contribution in [2.24, 2.45) is 0 Å². The van der Waals surface area contributed by atoms with Crippen LogP contribution in [0.25, 0.3) is 0 Å². The fourth-order valence-corrected chi connectivity index (χ4v) is 2.77. The van der Waals surface area contributed by atoms with E-state index in [1.54, 1.807) is 18.2 Å². The standard InChI is InChI=1S/C18H19FN2O2/c19-15-3-1-14(2-4-15)13-22-16-7-9-21(10-8-16)12-18-6-5-17(11-20)23-18/h1-6,16H,7-10,12-13H2. The number of likely N-dealkylation sites (tertiary alicyclic amines) is 1. The lowest BCUT2D eigenvalue weighted by Gasteiger charge is -2.31. The van der Waals surface area contributed by atoms with Gasteiger partial charge in [-0.05, 0) is 42.7 Å². The fourth-order valence-electron chi connectivity index (χ4n) is 2.77. The van der Waals surface area contributed by atoms with Gasteiger partial charge in [-0.15, -0.1) is 0 Å². The SMILES string of the molecule is N#Cc1ccc(CN2CCC(OCc3ccc(F)cc3)CC2)o1. The quantitative estimate of drug-likeness (QED) is 0.848. The van der Waals surface area contributed by atoms with E-state index in [0.717, 1.165) is 43.8 Å². The van der Waals surface area contributed by atoms with Crippen LogP contribution in [-0.2, 0) is 17.9 Å². The zero-order chi connectivity index (χ0) is 16.1. The van der Waals surface area contributed by atoms with Gasteiger partial charge < -0.3 is 9.15 Å². The van der Waals surface area contributed by atoms with Gasteiger partial charge in [0.2, 0.25) is 5.76 Å². The summed E-state index contributed by atoms with van der Waals surface area (Å²) < 4.78 is 24.2. The highest BCUT2D eigenvalue weighted by molar-refractivity contribution is 5.19. The van der Waals surface area contributed by atoms with Gasteiger partial charge in [-0.3, -0.25) is 4.90 Å². The van der Waals surface area contributed by atoms with E-state index in [-0.39, 0.29) is 11.9 Å².